The van der Waals surface area contributed by atoms with E-state index in [9.17, 15) is 5.11 Å². The van der Waals surface area contributed by atoms with E-state index in [1.54, 1.807) is 4.68 Å². The molecule has 11 heteroatoms. The van der Waals surface area contributed by atoms with Crippen LogP contribution in [-0.4, -0.2) is 69.0 Å². The summed E-state index contributed by atoms with van der Waals surface area (Å²) in [7, 11) is 2.13. The molecule has 1 fully saturated rings. The van der Waals surface area contributed by atoms with Crippen LogP contribution in [0.15, 0.2) is 64.2 Å². The average molecular weight is 561 g/mol. The summed E-state index contributed by atoms with van der Waals surface area (Å²) in [4.78, 5) is 4.65. The highest BCUT2D eigenvalue weighted by atomic mass is 32.1. The molecular weight excluding hydrogens is 524 g/mol. The van der Waals surface area contributed by atoms with Gasteiger partial charge in [0, 0.05) is 44.2 Å². The Bertz CT molecular complexity index is 1500. The van der Waals surface area contributed by atoms with Gasteiger partial charge in [0.2, 0.25) is 10.5 Å². The van der Waals surface area contributed by atoms with E-state index in [4.69, 9.17) is 21.8 Å². The van der Waals surface area contributed by atoms with Gasteiger partial charge < -0.3 is 14.5 Å². The van der Waals surface area contributed by atoms with E-state index in [1.165, 1.54) is 16.5 Å². The van der Waals surface area contributed by atoms with Crippen molar-refractivity contribution in [1.29, 1.82) is 0 Å². The van der Waals surface area contributed by atoms with E-state index in [-0.39, 0.29) is 11.6 Å². The van der Waals surface area contributed by atoms with Crippen LogP contribution in [0.5, 0.6) is 5.95 Å². The first-order chi connectivity index (χ1) is 19.3. The van der Waals surface area contributed by atoms with Crippen molar-refractivity contribution in [3.8, 4) is 11.6 Å². The van der Waals surface area contributed by atoms with Crippen LogP contribution in [0, 0.1) is 10.7 Å². The summed E-state index contributed by atoms with van der Waals surface area (Å²) in [5, 5.41) is 26.1. The van der Waals surface area contributed by atoms with Crippen LogP contribution in [0.2, 0.25) is 0 Å². The minimum atomic E-state index is -0.584. The Balaban J connectivity index is 1.51. The molecule has 0 radical (unpaired) electrons. The number of aromatic nitrogens is 5. The van der Waals surface area contributed by atoms with Crippen LogP contribution in [0.1, 0.15) is 49.3 Å². The Morgan fingerprint density at radius 2 is 1.75 bits per heavy atom. The molecule has 1 atom stereocenters. The van der Waals surface area contributed by atoms with Crippen LogP contribution < -0.4 is 9.79 Å². The summed E-state index contributed by atoms with van der Waals surface area (Å²) >= 11 is 5.88. The second kappa shape index (κ2) is 12.2. The molecule has 1 unspecified atom stereocenters. The van der Waals surface area contributed by atoms with Crippen LogP contribution in [0.4, 0.5) is 0 Å². The van der Waals surface area contributed by atoms with Crippen molar-refractivity contribution < 1.29 is 14.3 Å². The molecule has 2 aromatic carbocycles. The third-order valence-corrected chi connectivity index (χ3v) is 7.61. The molecule has 1 saturated heterocycles. The minimum Gasteiger partial charge on any atom is -0.539 e. The normalized spacial score (nSPS) is 15.8. The summed E-state index contributed by atoms with van der Waals surface area (Å²) in [6, 6.07) is 18.0. The number of rotatable bonds is 9. The van der Waals surface area contributed by atoms with E-state index in [1.807, 2.05) is 35.0 Å². The molecule has 1 aliphatic heterocycles. The molecule has 0 saturated carbocycles. The molecule has 4 aromatic rings. The number of para-hydroxylation sites is 1. The van der Waals surface area contributed by atoms with Crippen molar-refractivity contribution in [2.45, 2.75) is 39.8 Å². The van der Waals surface area contributed by atoms with E-state index < -0.39 is 5.95 Å². The van der Waals surface area contributed by atoms with Crippen molar-refractivity contribution in [2.24, 2.45) is 11.0 Å². The van der Waals surface area contributed by atoms with Gasteiger partial charge in [-0.25, -0.2) is 4.68 Å². The molecule has 5 rings (SSSR count). The second-order valence-corrected chi connectivity index (χ2v) is 11.2. The van der Waals surface area contributed by atoms with Gasteiger partial charge >= 0.3 is 0 Å². The number of likely N-dealkylation sites (N-methyl/N-ethyl adjacent to an activating group) is 1. The summed E-state index contributed by atoms with van der Waals surface area (Å²) < 4.78 is 10.3. The third-order valence-electron chi connectivity index (χ3n) is 7.22. The molecule has 2 aromatic heterocycles. The number of nitrogens with zero attached hydrogens (tertiary/aromatic N) is 8. The van der Waals surface area contributed by atoms with Crippen molar-refractivity contribution in [3.05, 3.63) is 82.0 Å². The Morgan fingerprint density at radius 3 is 2.42 bits per heavy atom. The van der Waals surface area contributed by atoms with E-state index in [0.29, 0.717) is 28.9 Å². The lowest BCUT2D eigenvalue weighted by Gasteiger charge is -2.31. The zero-order valence-electron chi connectivity index (χ0n) is 23.5. The van der Waals surface area contributed by atoms with Crippen molar-refractivity contribution in [1.82, 2.24) is 29.5 Å². The van der Waals surface area contributed by atoms with Gasteiger partial charge in [-0.1, -0.05) is 63.2 Å². The van der Waals surface area contributed by atoms with Crippen molar-refractivity contribution >= 4 is 18.4 Å². The van der Waals surface area contributed by atoms with Crippen molar-refractivity contribution in [2.75, 3.05) is 33.2 Å². The maximum atomic E-state index is 12.6. The Morgan fingerprint density at radius 1 is 1.05 bits per heavy atom. The first-order valence-corrected chi connectivity index (χ1v) is 14.1. The molecule has 10 nitrogen and oxygen atoms in total. The predicted molar refractivity (Wildman–Crippen MR) is 153 cm³/mol. The largest absolute Gasteiger partial charge is 0.539 e. The lowest BCUT2D eigenvalue weighted by atomic mass is 9.96. The molecule has 1 aliphatic rings. The van der Waals surface area contributed by atoms with Gasteiger partial charge in [0.1, 0.15) is 6.21 Å². The van der Waals surface area contributed by atoms with Gasteiger partial charge in [0.25, 0.3) is 5.69 Å². The first kappa shape index (κ1) is 27.9. The van der Waals surface area contributed by atoms with E-state index >= 15 is 0 Å². The highest BCUT2D eigenvalue weighted by Gasteiger charge is 2.23. The number of hydrogen-bond acceptors (Lipinski definition) is 8. The average Bonchev–Trinajstić information content (AvgIpc) is 3.47. The summed E-state index contributed by atoms with van der Waals surface area (Å²) in [5.41, 5.74) is 3.31. The lowest BCUT2D eigenvalue weighted by molar-refractivity contribution is -0.671. The fourth-order valence-electron chi connectivity index (χ4n) is 4.86. The molecule has 40 heavy (non-hydrogen) atoms. The highest BCUT2D eigenvalue weighted by Crippen LogP contribution is 2.25. The maximum Gasteiger partial charge on any atom is 0.283 e. The van der Waals surface area contributed by atoms with E-state index in [0.717, 1.165) is 38.2 Å². The molecule has 0 aliphatic carbocycles. The Kier molecular flexibility index (Phi) is 8.53. The second-order valence-electron chi connectivity index (χ2n) is 10.8. The summed E-state index contributed by atoms with van der Waals surface area (Å²) in [6.07, 6.45) is 2.48. The fourth-order valence-corrected chi connectivity index (χ4v) is 5.10. The molecule has 0 spiro atoms. The van der Waals surface area contributed by atoms with Crippen LogP contribution in [0.3, 0.4) is 0 Å². The number of piperazine rings is 1. The first-order valence-electron chi connectivity index (χ1n) is 13.7. The van der Waals surface area contributed by atoms with Crippen LogP contribution >= 0.6 is 12.2 Å². The Hall–Kier alpha value is -3.67. The minimum absolute atomic E-state index is 0.0869. The topological polar surface area (TPSA) is 94.6 Å². The standard InChI is InChI=1S/C29H36N8O2S/c1-21(2)18-23-10-12-24(13-11-23)22(3)27-31-35(20-34-16-14-33(4)15-17-34)29(40)37(27)30-19-26-28(38)39-32-36(26)25-8-6-5-7-9-25/h5-13,19,21-22H,14-18,20H2,1-4H3. The highest BCUT2D eigenvalue weighted by molar-refractivity contribution is 7.71. The van der Waals surface area contributed by atoms with E-state index in [2.05, 4.69) is 72.3 Å². The fraction of sp³-hybridized carbons (Fsp3) is 0.414. The molecular formula is C29H36N8O2S. The van der Waals surface area contributed by atoms with Crippen LogP contribution in [-0.2, 0) is 13.1 Å². The smallest absolute Gasteiger partial charge is 0.283 e. The summed E-state index contributed by atoms with van der Waals surface area (Å²) in [6.45, 7) is 11.0. The molecule has 0 amide bonds. The zero-order valence-corrected chi connectivity index (χ0v) is 24.3. The number of hydrogen-bond donors (Lipinski definition) is 0. The Labute approximate surface area is 239 Å². The molecule has 3 heterocycles. The van der Waals surface area contributed by atoms with Crippen LogP contribution in [0.25, 0.3) is 5.69 Å². The summed E-state index contributed by atoms with van der Waals surface area (Å²) in [5.74, 6) is 0.618. The van der Waals surface area contributed by atoms with Gasteiger partial charge in [-0.05, 0) is 47.4 Å². The molecule has 0 bridgehead atoms. The predicted octanol–water partition coefficient (Wildman–Crippen LogP) is 3.19. The number of benzene rings is 2. The third kappa shape index (κ3) is 6.22. The van der Waals surface area contributed by atoms with Gasteiger partial charge in [-0.2, -0.15) is 14.9 Å². The quantitative estimate of drug-likeness (QED) is 0.176. The van der Waals surface area contributed by atoms with Gasteiger partial charge in [0.05, 0.1) is 11.9 Å². The van der Waals surface area contributed by atoms with Crippen molar-refractivity contribution in [3.63, 3.8) is 0 Å². The van der Waals surface area contributed by atoms with Gasteiger partial charge in [0.15, 0.2) is 11.8 Å². The molecule has 210 valence electrons. The lowest BCUT2D eigenvalue weighted by Crippen LogP contribution is -2.45. The zero-order chi connectivity index (χ0) is 28.2. The SMILES string of the molecule is CC(C)Cc1ccc(C(C)c2nn(CN3CCN(C)CC3)c(=S)n2/N=C/c2c([O-])on[n+]2-c2ccccc2)cc1. The monoisotopic (exact) mass is 560 g/mol. The molecule has 0 N–H and O–H groups in total. The van der Waals surface area contributed by atoms with Gasteiger partial charge in [-0.3, -0.25) is 4.90 Å². The maximum absolute atomic E-state index is 12.6. The van der Waals surface area contributed by atoms with Gasteiger partial charge in [-0.15, -0.1) is 0 Å².